The van der Waals surface area contributed by atoms with Crippen LogP contribution in [0.2, 0.25) is 0 Å². The third-order valence-corrected chi connectivity index (χ3v) is 4.80. The third kappa shape index (κ3) is 4.67. The van der Waals surface area contributed by atoms with E-state index in [1.165, 1.54) is 4.68 Å². The first-order valence-corrected chi connectivity index (χ1v) is 9.66. The summed E-state index contributed by atoms with van der Waals surface area (Å²) in [5.41, 5.74) is 1.26. The van der Waals surface area contributed by atoms with Crippen LogP contribution in [0.4, 0.5) is 0 Å². The summed E-state index contributed by atoms with van der Waals surface area (Å²) >= 11 is 0. The van der Waals surface area contributed by atoms with Crippen molar-refractivity contribution in [2.24, 2.45) is 5.92 Å². The molecule has 1 atom stereocenters. The van der Waals surface area contributed by atoms with Gasteiger partial charge in [-0.3, -0.25) is 9.59 Å². The van der Waals surface area contributed by atoms with Gasteiger partial charge in [0.2, 0.25) is 0 Å². The standard InChI is InChI=1S/C20H27N5O4/c1-12(2)9-14-11-25-18(20(27)22-14)17(23-24-25)19(26)21-8-7-13-5-6-15(28-3)16(10-13)29-4/h5-6,10,12,14H,7-9,11H2,1-4H3,(H,21,26)(H,22,27). The Morgan fingerprint density at radius 2 is 2.07 bits per heavy atom. The number of methoxy groups -OCH3 is 2. The summed E-state index contributed by atoms with van der Waals surface area (Å²) in [6.07, 6.45) is 1.44. The highest BCUT2D eigenvalue weighted by Gasteiger charge is 2.32. The average molecular weight is 401 g/mol. The number of nitrogens with zero attached hydrogens (tertiary/aromatic N) is 3. The largest absolute Gasteiger partial charge is 0.493 e. The maximum atomic E-state index is 12.5. The van der Waals surface area contributed by atoms with E-state index >= 15 is 0 Å². The normalized spacial score (nSPS) is 15.6. The molecule has 1 aliphatic heterocycles. The zero-order valence-corrected chi connectivity index (χ0v) is 17.2. The summed E-state index contributed by atoms with van der Waals surface area (Å²) in [6.45, 7) is 5.10. The van der Waals surface area contributed by atoms with E-state index in [1.807, 2.05) is 18.2 Å². The lowest BCUT2D eigenvalue weighted by atomic mass is 10.0. The fraction of sp³-hybridized carbons (Fsp3) is 0.500. The molecule has 0 spiro atoms. The Labute approximate surface area is 169 Å². The van der Waals surface area contributed by atoms with E-state index in [2.05, 4.69) is 34.8 Å². The number of carbonyl (C=O) groups excluding carboxylic acids is 2. The molecular weight excluding hydrogens is 374 g/mol. The van der Waals surface area contributed by atoms with Crippen LogP contribution >= 0.6 is 0 Å². The molecule has 9 heteroatoms. The van der Waals surface area contributed by atoms with Crippen LogP contribution in [-0.4, -0.2) is 53.6 Å². The van der Waals surface area contributed by atoms with Crippen molar-refractivity contribution in [3.8, 4) is 11.5 Å². The van der Waals surface area contributed by atoms with Crippen molar-refractivity contribution < 1.29 is 19.1 Å². The molecule has 29 heavy (non-hydrogen) atoms. The lowest BCUT2D eigenvalue weighted by Gasteiger charge is -2.25. The summed E-state index contributed by atoms with van der Waals surface area (Å²) in [7, 11) is 3.16. The number of ether oxygens (including phenoxy) is 2. The van der Waals surface area contributed by atoms with Crippen LogP contribution in [-0.2, 0) is 13.0 Å². The second kappa shape index (κ2) is 8.93. The topological polar surface area (TPSA) is 107 Å². The molecule has 3 rings (SSSR count). The zero-order chi connectivity index (χ0) is 21.0. The number of nitrogens with one attached hydrogen (secondary N) is 2. The van der Waals surface area contributed by atoms with Crippen LogP contribution < -0.4 is 20.1 Å². The number of aromatic nitrogens is 3. The summed E-state index contributed by atoms with van der Waals surface area (Å²) in [4.78, 5) is 25.0. The minimum Gasteiger partial charge on any atom is -0.493 e. The van der Waals surface area contributed by atoms with Crippen LogP contribution in [0.15, 0.2) is 18.2 Å². The number of rotatable bonds is 8. The molecule has 0 saturated heterocycles. The summed E-state index contributed by atoms with van der Waals surface area (Å²) in [5, 5.41) is 13.7. The molecule has 0 aliphatic carbocycles. The zero-order valence-electron chi connectivity index (χ0n) is 17.2. The molecule has 0 saturated carbocycles. The van der Waals surface area contributed by atoms with Crippen molar-refractivity contribution in [2.45, 2.75) is 39.3 Å². The predicted octanol–water partition coefficient (Wildman–Crippen LogP) is 1.43. The first kappa shape index (κ1) is 20.6. The summed E-state index contributed by atoms with van der Waals surface area (Å²) in [6, 6.07) is 5.60. The van der Waals surface area contributed by atoms with E-state index in [-0.39, 0.29) is 23.3 Å². The van der Waals surface area contributed by atoms with Gasteiger partial charge >= 0.3 is 0 Å². The van der Waals surface area contributed by atoms with Crippen molar-refractivity contribution in [2.75, 3.05) is 20.8 Å². The fourth-order valence-corrected chi connectivity index (χ4v) is 3.47. The van der Waals surface area contributed by atoms with Gasteiger partial charge in [0, 0.05) is 12.6 Å². The molecule has 2 heterocycles. The van der Waals surface area contributed by atoms with E-state index < -0.39 is 5.91 Å². The number of amides is 2. The molecule has 156 valence electrons. The second-order valence-corrected chi connectivity index (χ2v) is 7.46. The maximum Gasteiger partial charge on any atom is 0.274 e. The van der Waals surface area contributed by atoms with E-state index in [0.29, 0.717) is 36.9 Å². The predicted molar refractivity (Wildman–Crippen MR) is 106 cm³/mol. The van der Waals surface area contributed by atoms with Crippen LogP contribution in [0.1, 0.15) is 46.8 Å². The molecule has 1 aromatic heterocycles. The second-order valence-electron chi connectivity index (χ2n) is 7.46. The Morgan fingerprint density at radius 3 is 2.76 bits per heavy atom. The molecule has 0 bridgehead atoms. The highest BCUT2D eigenvalue weighted by atomic mass is 16.5. The monoisotopic (exact) mass is 401 g/mol. The third-order valence-electron chi connectivity index (χ3n) is 4.80. The molecule has 1 unspecified atom stereocenters. The van der Waals surface area contributed by atoms with Gasteiger partial charge in [0.1, 0.15) is 0 Å². The smallest absolute Gasteiger partial charge is 0.274 e. The Bertz CT molecular complexity index is 893. The summed E-state index contributed by atoms with van der Waals surface area (Å²) < 4.78 is 12.0. The first-order chi connectivity index (χ1) is 13.9. The van der Waals surface area contributed by atoms with Gasteiger partial charge in [0.25, 0.3) is 11.8 Å². The lowest BCUT2D eigenvalue weighted by Crippen LogP contribution is -2.46. The first-order valence-electron chi connectivity index (χ1n) is 9.66. The summed E-state index contributed by atoms with van der Waals surface area (Å²) in [5.74, 6) is 1.01. The molecule has 0 fully saturated rings. The number of benzene rings is 1. The molecule has 1 aliphatic rings. The van der Waals surface area contributed by atoms with E-state index in [9.17, 15) is 9.59 Å². The molecule has 2 N–H and O–H groups in total. The van der Waals surface area contributed by atoms with E-state index in [4.69, 9.17) is 9.47 Å². The van der Waals surface area contributed by atoms with Crippen molar-refractivity contribution in [3.63, 3.8) is 0 Å². The van der Waals surface area contributed by atoms with Gasteiger partial charge < -0.3 is 20.1 Å². The number of hydrogen-bond donors (Lipinski definition) is 2. The number of carbonyl (C=O) groups is 2. The Morgan fingerprint density at radius 1 is 1.31 bits per heavy atom. The van der Waals surface area contributed by atoms with Gasteiger partial charge in [-0.05, 0) is 36.5 Å². The Balaban J connectivity index is 1.61. The maximum absolute atomic E-state index is 12.5. The van der Waals surface area contributed by atoms with Gasteiger partial charge in [0.05, 0.1) is 20.8 Å². The molecule has 2 amide bonds. The highest BCUT2D eigenvalue weighted by molar-refractivity contribution is 6.05. The number of hydrogen-bond acceptors (Lipinski definition) is 6. The molecule has 9 nitrogen and oxygen atoms in total. The number of fused-ring (bicyclic) bond motifs is 1. The molecule has 0 radical (unpaired) electrons. The van der Waals surface area contributed by atoms with Crippen LogP contribution in [0.3, 0.4) is 0 Å². The van der Waals surface area contributed by atoms with Gasteiger partial charge in [-0.1, -0.05) is 25.1 Å². The van der Waals surface area contributed by atoms with E-state index in [1.54, 1.807) is 14.2 Å². The van der Waals surface area contributed by atoms with Crippen LogP contribution in [0.5, 0.6) is 11.5 Å². The van der Waals surface area contributed by atoms with Crippen molar-refractivity contribution in [1.29, 1.82) is 0 Å². The van der Waals surface area contributed by atoms with Gasteiger partial charge in [0.15, 0.2) is 22.9 Å². The average Bonchev–Trinajstić information content (AvgIpc) is 3.11. The van der Waals surface area contributed by atoms with Crippen molar-refractivity contribution in [3.05, 3.63) is 35.2 Å². The van der Waals surface area contributed by atoms with Gasteiger partial charge in [-0.15, -0.1) is 5.10 Å². The van der Waals surface area contributed by atoms with Crippen LogP contribution in [0, 0.1) is 5.92 Å². The SMILES string of the molecule is COc1ccc(CCNC(=O)c2nnn3c2C(=O)NC(CC(C)C)C3)cc1OC. The van der Waals surface area contributed by atoms with E-state index in [0.717, 1.165) is 12.0 Å². The minimum atomic E-state index is -0.413. The fourth-order valence-electron chi connectivity index (χ4n) is 3.47. The van der Waals surface area contributed by atoms with Gasteiger partial charge in [-0.25, -0.2) is 4.68 Å². The molecule has 1 aromatic carbocycles. The molecule has 2 aromatic rings. The molecular formula is C20H27N5O4. The quantitative estimate of drug-likeness (QED) is 0.693. The van der Waals surface area contributed by atoms with Crippen molar-refractivity contribution >= 4 is 11.8 Å². The Hall–Kier alpha value is -3.10. The minimum absolute atomic E-state index is 0.00216. The van der Waals surface area contributed by atoms with Gasteiger partial charge in [-0.2, -0.15) is 0 Å². The highest BCUT2D eigenvalue weighted by Crippen LogP contribution is 2.27. The van der Waals surface area contributed by atoms with Crippen LogP contribution in [0.25, 0.3) is 0 Å². The Kier molecular flexibility index (Phi) is 6.36. The van der Waals surface area contributed by atoms with Crippen molar-refractivity contribution in [1.82, 2.24) is 25.6 Å². The lowest BCUT2D eigenvalue weighted by molar-refractivity contribution is 0.0870.